The van der Waals surface area contributed by atoms with Gasteiger partial charge in [-0.2, -0.15) is 4.98 Å². The molecule has 2 aromatic carbocycles. The number of hydrogen-bond donors (Lipinski definition) is 2. The summed E-state index contributed by atoms with van der Waals surface area (Å²) in [6.45, 7) is 8.05. The van der Waals surface area contributed by atoms with Gasteiger partial charge in [-0.3, -0.25) is 4.79 Å². The zero-order valence-corrected chi connectivity index (χ0v) is 19.7. The van der Waals surface area contributed by atoms with Gasteiger partial charge in [0.15, 0.2) is 0 Å². The Kier molecular flexibility index (Phi) is 6.07. The Bertz CT molecular complexity index is 1300. The minimum absolute atomic E-state index is 0.0564. The van der Waals surface area contributed by atoms with Gasteiger partial charge >= 0.3 is 0 Å². The molecule has 1 aliphatic rings. The molecule has 1 aromatic heterocycles. The van der Waals surface area contributed by atoms with E-state index in [0.29, 0.717) is 5.69 Å². The van der Waals surface area contributed by atoms with Crippen molar-refractivity contribution >= 4 is 21.9 Å². The molecule has 3 aromatic rings. The number of carbonyl (C=O) groups excluding carboxylic acids is 1. The molecular formula is C24H26N4O4S. The highest BCUT2D eigenvalue weighted by atomic mass is 32.2. The maximum atomic E-state index is 13.1. The summed E-state index contributed by atoms with van der Waals surface area (Å²) in [5, 5.41) is 2.94. The van der Waals surface area contributed by atoms with Gasteiger partial charge in [0, 0.05) is 17.2 Å². The molecule has 0 aliphatic carbocycles. The number of aryl methyl sites for hydroxylation is 2. The fourth-order valence-corrected chi connectivity index (χ4v) is 4.69. The summed E-state index contributed by atoms with van der Waals surface area (Å²) in [5.41, 5.74) is 3.65. The fraction of sp³-hybridized carbons (Fsp3) is 0.292. The number of nitrogens with zero attached hydrogens (tertiary/aromatic N) is 2. The highest BCUT2D eigenvalue weighted by Crippen LogP contribution is 2.29. The van der Waals surface area contributed by atoms with Crippen LogP contribution in [0.4, 0.5) is 5.95 Å². The number of carbonyl (C=O) groups is 1. The van der Waals surface area contributed by atoms with Crippen LogP contribution >= 0.6 is 0 Å². The maximum absolute atomic E-state index is 13.1. The van der Waals surface area contributed by atoms with Gasteiger partial charge in [0.1, 0.15) is 6.61 Å². The second-order valence-electron chi connectivity index (χ2n) is 8.45. The van der Waals surface area contributed by atoms with Crippen LogP contribution < -0.4 is 14.8 Å². The molecule has 0 saturated heterocycles. The molecule has 33 heavy (non-hydrogen) atoms. The average Bonchev–Trinajstić information content (AvgIpc) is 2.75. The minimum atomic E-state index is -4.04. The molecule has 172 valence electrons. The first kappa shape index (κ1) is 22.7. The molecule has 1 aliphatic heterocycles. The van der Waals surface area contributed by atoms with E-state index in [-0.39, 0.29) is 46.8 Å². The van der Waals surface area contributed by atoms with E-state index in [0.717, 1.165) is 16.7 Å². The smallest absolute Gasteiger partial charge is 0.264 e. The summed E-state index contributed by atoms with van der Waals surface area (Å²) in [6.07, 6.45) is 0. The Labute approximate surface area is 193 Å². The largest absolute Gasteiger partial charge is 0.475 e. The van der Waals surface area contributed by atoms with E-state index in [2.05, 4.69) is 20.0 Å². The first-order valence-corrected chi connectivity index (χ1v) is 12.1. The minimum Gasteiger partial charge on any atom is -0.475 e. The number of aromatic nitrogens is 2. The number of hydrogen-bond acceptors (Lipinski definition) is 6. The zero-order chi connectivity index (χ0) is 23.8. The predicted octanol–water partition coefficient (Wildman–Crippen LogP) is 3.71. The molecule has 0 spiro atoms. The number of nitrogens with one attached hydrogen (secondary N) is 2. The summed E-state index contributed by atoms with van der Waals surface area (Å²) in [4.78, 5) is 21.5. The van der Waals surface area contributed by atoms with Gasteiger partial charge in [0.25, 0.3) is 15.9 Å². The Morgan fingerprint density at radius 1 is 1.03 bits per heavy atom. The molecule has 0 radical (unpaired) electrons. The number of benzene rings is 2. The molecule has 2 heterocycles. The highest BCUT2D eigenvalue weighted by Gasteiger charge is 2.24. The molecule has 8 nitrogen and oxygen atoms in total. The van der Waals surface area contributed by atoms with Crippen molar-refractivity contribution in [3.05, 3.63) is 65.2 Å². The first-order valence-electron chi connectivity index (χ1n) is 10.7. The third-order valence-electron chi connectivity index (χ3n) is 5.60. The quantitative estimate of drug-likeness (QED) is 0.596. The van der Waals surface area contributed by atoms with Gasteiger partial charge in [-0.25, -0.2) is 18.1 Å². The van der Waals surface area contributed by atoms with E-state index in [9.17, 15) is 13.2 Å². The van der Waals surface area contributed by atoms with Crippen molar-refractivity contribution in [2.75, 3.05) is 11.3 Å². The lowest BCUT2D eigenvalue weighted by Gasteiger charge is -2.22. The van der Waals surface area contributed by atoms with Crippen molar-refractivity contribution in [1.82, 2.24) is 15.3 Å². The fourth-order valence-electron chi connectivity index (χ4n) is 3.70. The lowest BCUT2D eigenvalue weighted by Crippen LogP contribution is -2.42. The molecule has 1 unspecified atom stereocenters. The van der Waals surface area contributed by atoms with Gasteiger partial charge in [-0.15, -0.1) is 0 Å². The molecule has 4 bridgehead atoms. The lowest BCUT2D eigenvalue weighted by molar-refractivity contribution is 0.0902. The van der Waals surface area contributed by atoms with E-state index >= 15 is 0 Å². The summed E-state index contributed by atoms with van der Waals surface area (Å²) in [7, 11) is -4.04. The maximum Gasteiger partial charge on any atom is 0.264 e. The van der Waals surface area contributed by atoms with Crippen molar-refractivity contribution in [2.24, 2.45) is 5.92 Å². The summed E-state index contributed by atoms with van der Waals surface area (Å²) in [6, 6.07) is 13.1. The lowest BCUT2D eigenvalue weighted by atomic mass is 10.00. The second kappa shape index (κ2) is 8.82. The summed E-state index contributed by atoms with van der Waals surface area (Å²) < 4.78 is 34.5. The third-order valence-corrected chi connectivity index (χ3v) is 6.93. The average molecular weight is 467 g/mol. The number of ether oxygens (including phenoxy) is 1. The van der Waals surface area contributed by atoms with E-state index in [4.69, 9.17) is 4.74 Å². The number of amides is 1. The summed E-state index contributed by atoms with van der Waals surface area (Å²) in [5.74, 6) is -0.187. The van der Waals surface area contributed by atoms with Crippen molar-refractivity contribution in [2.45, 2.75) is 38.6 Å². The number of fused-ring (bicyclic) bond motifs is 4. The zero-order valence-electron chi connectivity index (χ0n) is 18.9. The number of anilines is 1. The monoisotopic (exact) mass is 466 g/mol. The Morgan fingerprint density at radius 2 is 1.73 bits per heavy atom. The van der Waals surface area contributed by atoms with Gasteiger partial charge < -0.3 is 10.1 Å². The molecular weight excluding hydrogens is 440 g/mol. The molecule has 9 heteroatoms. The Hall–Kier alpha value is -3.46. The van der Waals surface area contributed by atoms with Crippen molar-refractivity contribution < 1.29 is 17.9 Å². The van der Waals surface area contributed by atoms with Crippen LogP contribution in [0.3, 0.4) is 0 Å². The van der Waals surface area contributed by atoms with Crippen LogP contribution in [0.25, 0.3) is 11.3 Å². The van der Waals surface area contributed by atoms with Crippen LogP contribution in [-0.2, 0) is 10.0 Å². The second-order valence-corrected chi connectivity index (χ2v) is 10.1. The van der Waals surface area contributed by atoms with E-state index in [1.54, 1.807) is 12.1 Å². The normalized spacial score (nSPS) is 17.6. The van der Waals surface area contributed by atoms with Gasteiger partial charge in [0.05, 0.1) is 16.6 Å². The third kappa shape index (κ3) is 4.83. The van der Waals surface area contributed by atoms with Gasteiger partial charge in [0.2, 0.25) is 11.8 Å². The van der Waals surface area contributed by atoms with Gasteiger partial charge in [-0.1, -0.05) is 38.1 Å². The molecule has 4 rings (SSSR count). The van der Waals surface area contributed by atoms with Crippen molar-refractivity contribution in [3.63, 3.8) is 0 Å². The number of sulfonamides is 1. The van der Waals surface area contributed by atoms with E-state index in [1.165, 1.54) is 18.2 Å². The standard InChI is InChI=1S/C24H26N4O4S/c1-14(2)20-13-32-21-12-19(22-15(3)7-5-8-16(22)4)26-24(27-21)28-33(30,31)18-10-6-9-17(11-18)23(29)25-20/h5-12,14,20H,13H2,1-4H3,(H,25,29)(H,26,27,28). The molecule has 1 atom stereocenters. The Morgan fingerprint density at radius 3 is 2.42 bits per heavy atom. The van der Waals surface area contributed by atoms with Crippen LogP contribution in [0.1, 0.15) is 35.3 Å². The first-order chi connectivity index (χ1) is 15.6. The van der Waals surface area contributed by atoms with Crippen molar-refractivity contribution in [1.29, 1.82) is 0 Å². The number of rotatable bonds is 2. The molecule has 2 N–H and O–H groups in total. The molecule has 0 saturated carbocycles. The molecule has 0 fully saturated rings. The topological polar surface area (TPSA) is 110 Å². The van der Waals surface area contributed by atoms with Crippen molar-refractivity contribution in [3.8, 4) is 17.1 Å². The van der Waals surface area contributed by atoms with Gasteiger partial charge in [-0.05, 0) is 49.1 Å². The van der Waals surface area contributed by atoms with Crippen LogP contribution in [0.5, 0.6) is 5.88 Å². The van der Waals surface area contributed by atoms with Crippen LogP contribution in [0, 0.1) is 19.8 Å². The highest BCUT2D eigenvalue weighted by molar-refractivity contribution is 7.92. The van der Waals surface area contributed by atoms with Crippen LogP contribution in [0.15, 0.2) is 53.4 Å². The van der Waals surface area contributed by atoms with E-state index in [1.807, 2.05) is 45.9 Å². The summed E-state index contributed by atoms with van der Waals surface area (Å²) >= 11 is 0. The van der Waals surface area contributed by atoms with Crippen LogP contribution in [-0.4, -0.2) is 36.9 Å². The van der Waals surface area contributed by atoms with Crippen LogP contribution in [0.2, 0.25) is 0 Å². The molecule has 1 amide bonds. The Balaban J connectivity index is 1.88. The SMILES string of the molecule is Cc1cccc(C)c1-c1cc2nc(n1)NS(=O)(=O)c1cccc(c1)C(=O)NC(C(C)C)CO2. The predicted molar refractivity (Wildman–Crippen MR) is 126 cm³/mol. The van der Waals surface area contributed by atoms with E-state index < -0.39 is 10.0 Å².